The van der Waals surface area contributed by atoms with E-state index in [9.17, 15) is 0 Å². The molecule has 6 rings (SSSR count). The highest BCUT2D eigenvalue weighted by molar-refractivity contribution is 5.81. The van der Waals surface area contributed by atoms with Gasteiger partial charge in [0.05, 0.1) is 28.4 Å². The highest BCUT2D eigenvalue weighted by Crippen LogP contribution is 2.34. The standard InChI is InChI=1S/C20H10N2O/c1-2-4-15-11(3-1)12-5-7-16-18(20(12)21-15)14-6-8-17-13(9-10-23-17)19(14)22-16/h1-10H. The third kappa shape index (κ3) is 1.30. The largest absolute Gasteiger partial charge is 0.464 e. The maximum atomic E-state index is 5.50. The van der Waals surface area contributed by atoms with E-state index in [1.165, 1.54) is 11.1 Å². The second kappa shape index (κ2) is 3.76. The molecule has 0 saturated carbocycles. The van der Waals surface area contributed by atoms with Gasteiger partial charge in [-0.05, 0) is 36.4 Å². The van der Waals surface area contributed by atoms with E-state index in [4.69, 9.17) is 14.4 Å². The second-order valence-electron chi connectivity index (χ2n) is 5.89. The topological polar surface area (TPSA) is 37.9 Å². The maximum absolute atomic E-state index is 5.50. The molecule has 0 atom stereocenters. The number of furan rings is 1. The van der Waals surface area contributed by atoms with E-state index in [0.29, 0.717) is 0 Å². The fourth-order valence-corrected chi connectivity index (χ4v) is 3.66. The molecule has 3 heteroatoms. The summed E-state index contributed by atoms with van der Waals surface area (Å²) < 4.78 is 5.50. The van der Waals surface area contributed by atoms with Crippen molar-refractivity contribution in [3.8, 4) is 11.1 Å². The Morgan fingerprint density at radius 1 is 0.696 bits per heavy atom. The van der Waals surface area contributed by atoms with Crippen LogP contribution in [0.1, 0.15) is 0 Å². The molecule has 3 heterocycles. The van der Waals surface area contributed by atoms with Crippen molar-refractivity contribution >= 4 is 22.3 Å². The first-order valence-corrected chi connectivity index (χ1v) is 7.60. The van der Waals surface area contributed by atoms with Crippen LogP contribution in [-0.4, -0.2) is 0 Å². The summed E-state index contributed by atoms with van der Waals surface area (Å²) in [5.41, 5.74) is 5.28. The molecule has 0 unspecified atom stereocenters. The third-order valence-corrected chi connectivity index (χ3v) is 4.69. The van der Waals surface area contributed by atoms with Crippen molar-refractivity contribution in [3.63, 3.8) is 0 Å². The molecule has 2 aliphatic heterocycles. The van der Waals surface area contributed by atoms with E-state index < -0.39 is 0 Å². The van der Waals surface area contributed by atoms with Crippen LogP contribution >= 0.6 is 0 Å². The molecule has 106 valence electrons. The molecular weight excluding hydrogens is 284 g/mol. The molecule has 0 bridgehead atoms. The summed E-state index contributed by atoms with van der Waals surface area (Å²) in [6.07, 6.45) is 1.72. The summed E-state index contributed by atoms with van der Waals surface area (Å²) in [4.78, 5) is 9.71. The first kappa shape index (κ1) is 11.4. The Kier molecular flexibility index (Phi) is 1.86. The zero-order valence-corrected chi connectivity index (χ0v) is 12.1. The van der Waals surface area contributed by atoms with Crippen molar-refractivity contribution in [1.29, 1.82) is 0 Å². The Hall–Kier alpha value is -3.20. The van der Waals surface area contributed by atoms with Gasteiger partial charge in [0, 0.05) is 27.0 Å². The summed E-state index contributed by atoms with van der Waals surface area (Å²) >= 11 is 0. The number of rotatable bonds is 0. The molecule has 3 nitrogen and oxygen atoms in total. The van der Waals surface area contributed by atoms with E-state index in [1.54, 1.807) is 6.26 Å². The number of fused-ring (bicyclic) bond motifs is 8. The van der Waals surface area contributed by atoms with E-state index in [1.807, 2.05) is 18.2 Å². The fraction of sp³-hybridized carbons (Fsp3) is 0. The van der Waals surface area contributed by atoms with E-state index in [2.05, 4.69) is 36.4 Å². The van der Waals surface area contributed by atoms with Crippen LogP contribution in [0.3, 0.4) is 0 Å². The molecule has 0 fully saturated rings. The molecule has 0 radical (unpaired) electrons. The van der Waals surface area contributed by atoms with E-state index in [-0.39, 0.29) is 0 Å². The van der Waals surface area contributed by atoms with Crippen LogP contribution < -0.4 is 10.7 Å². The highest BCUT2D eigenvalue weighted by atomic mass is 16.3. The van der Waals surface area contributed by atoms with Gasteiger partial charge in [-0.15, -0.1) is 0 Å². The Morgan fingerprint density at radius 2 is 1.61 bits per heavy atom. The molecule has 1 aromatic heterocycles. The predicted octanol–water partition coefficient (Wildman–Crippen LogP) is 3.92. The normalized spacial score (nSPS) is 13.0. The molecule has 0 spiro atoms. The van der Waals surface area contributed by atoms with Gasteiger partial charge in [-0.1, -0.05) is 18.2 Å². The van der Waals surface area contributed by atoms with E-state index >= 15 is 0 Å². The van der Waals surface area contributed by atoms with Crippen molar-refractivity contribution in [2.45, 2.75) is 0 Å². The minimum Gasteiger partial charge on any atom is -0.464 e. The van der Waals surface area contributed by atoms with Gasteiger partial charge in [0.1, 0.15) is 5.58 Å². The number of hydrogen-bond acceptors (Lipinski definition) is 3. The lowest BCUT2D eigenvalue weighted by Crippen LogP contribution is -2.06. The molecule has 3 aromatic carbocycles. The molecule has 23 heavy (non-hydrogen) atoms. The number of benzene rings is 3. The number of hydrogen-bond donors (Lipinski definition) is 0. The van der Waals surface area contributed by atoms with Crippen molar-refractivity contribution < 1.29 is 4.42 Å². The van der Waals surface area contributed by atoms with Crippen LogP contribution in [0.25, 0.3) is 22.1 Å². The second-order valence-corrected chi connectivity index (χ2v) is 5.89. The molecular formula is C20H10N2O. The minimum absolute atomic E-state index is 0.872. The molecule has 0 N–H and O–H groups in total. The average molecular weight is 294 g/mol. The number of para-hydroxylation sites is 1. The van der Waals surface area contributed by atoms with Gasteiger partial charge >= 0.3 is 0 Å². The summed E-state index contributed by atoms with van der Waals surface area (Å²) in [5.74, 6) is 0. The monoisotopic (exact) mass is 294 g/mol. The van der Waals surface area contributed by atoms with Crippen LogP contribution in [0, 0.1) is 10.4 Å². The van der Waals surface area contributed by atoms with Crippen LogP contribution in [0.5, 0.6) is 0 Å². The third-order valence-electron chi connectivity index (χ3n) is 4.69. The molecule has 0 amide bonds. The van der Waals surface area contributed by atoms with Crippen molar-refractivity contribution in [2.75, 3.05) is 0 Å². The fourth-order valence-electron chi connectivity index (χ4n) is 3.66. The molecule has 2 aliphatic rings. The molecule has 0 aliphatic carbocycles. The summed E-state index contributed by atoms with van der Waals surface area (Å²) in [6.45, 7) is 0. The van der Waals surface area contributed by atoms with Crippen molar-refractivity contribution in [3.05, 3.63) is 82.0 Å². The van der Waals surface area contributed by atoms with Gasteiger partial charge in [-0.2, -0.15) is 0 Å². The lowest BCUT2D eigenvalue weighted by molar-refractivity contribution is 0.615. The van der Waals surface area contributed by atoms with Crippen molar-refractivity contribution in [2.24, 2.45) is 9.98 Å². The van der Waals surface area contributed by atoms with Gasteiger partial charge in [-0.3, -0.25) is 0 Å². The zero-order valence-electron chi connectivity index (χ0n) is 12.1. The Morgan fingerprint density at radius 3 is 2.61 bits per heavy atom. The van der Waals surface area contributed by atoms with Gasteiger partial charge in [0.15, 0.2) is 0 Å². The minimum atomic E-state index is 0.872. The van der Waals surface area contributed by atoms with Crippen LogP contribution in [0.15, 0.2) is 75.3 Å². The zero-order chi connectivity index (χ0) is 15.0. The summed E-state index contributed by atoms with van der Waals surface area (Å²) in [7, 11) is 0. The average Bonchev–Trinajstić information content (AvgIpc) is 3.27. The first-order valence-electron chi connectivity index (χ1n) is 7.60. The highest BCUT2D eigenvalue weighted by Gasteiger charge is 2.18. The van der Waals surface area contributed by atoms with Gasteiger partial charge in [-0.25, -0.2) is 9.98 Å². The van der Waals surface area contributed by atoms with Crippen LogP contribution in [0.2, 0.25) is 0 Å². The predicted molar refractivity (Wildman–Crippen MR) is 87.4 cm³/mol. The van der Waals surface area contributed by atoms with Gasteiger partial charge in [0.25, 0.3) is 0 Å². The van der Waals surface area contributed by atoms with Gasteiger partial charge < -0.3 is 4.42 Å². The Labute approximate surface area is 130 Å². The quantitative estimate of drug-likeness (QED) is 0.418. The molecule has 4 aromatic rings. The van der Waals surface area contributed by atoms with Crippen molar-refractivity contribution in [1.82, 2.24) is 0 Å². The maximum Gasteiger partial charge on any atom is 0.136 e. The Balaban J connectivity index is 1.91. The lowest BCUT2D eigenvalue weighted by Gasteiger charge is -1.98. The Bertz CT molecular complexity index is 1360. The summed E-state index contributed by atoms with van der Waals surface area (Å²) in [6, 6.07) is 18.6. The lowest BCUT2D eigenvalue weighted by atomic mass is 10.0. The summed E-state index contributed by atoms with van der Waals surface area (Å²) in [5, 5.41) is 5.36. The molecule has 0 saturated heterocycles. The van der Waals surface area contributed by atoms with Crippen LogP contribution in [0.4, 0.5) is 11.4 Å². The smallest absolute Gasteiger partial charge is 0.136 e. The van der Waals surface area contributed by atoms with E-state index in [0.717, 1.165) is 43.5 Å². The SMILES string of the molecule is c1ccc2c(c1)N=c1c-2ccc2c1=c1ccc3occc3c1=N2. The number of nitrogens with zero attached hydrogens (tertiary/aromatic N) is 2. The van der Waals surface area contributed by atoms with Crippen LogP contribution in [-0.2, 0) is 0 Å². The first-order chi connectivity index (χ1) is 11.4. The van der Waals surface area contributed by atoms with Gasteiger partial charge in [0.2, 0.25) is 0 Å².